The predicted molar refractivity (Wildman–Crippen MR) is 162 cm³/mol. The highest BCUT2D eigenvalue weighted by Crippen LogP contribution is 2.44. The van der Waals surface area contributed by atoms with Gasteiger partial charge in [-0.3, -0.25) is 19.8 Å². The molecule has 2 unspecified atom stereocenters. The Bertz CT molecular complexity index is 1360. The molecule has 2 aromatic rings. The van der Waals surface area contributed by atoms with Gasteiger partial charge in [-0.25, -0.2) is 17.6 Å². The fraction of sp³-hybridized carbons (Fsp3) is 0.588. The van der Waals surface area contributed by atoms with E-state index < -0.39 is 23.7 Å². The summed E-state index contributed by atoms with van der Waals surface area (Å²) in [6, 6.07) is 8.28. The van der Waals surface area contributed by atoms with Crippen LogP contribution in [0.5, 0.6) is 0 Å². The van der Waals surface area contributed by atoms with Crippen LogP contribution in [0.25, 0.3) is 0 Å². The van der Waals surface area contributed by atoms with Gasteiger partial charge in [0.15, 0.2) is 0 Å². The van der Waals surface area contributed by atoms with Gasteiger partial charge in [0, 0.05) is 12.4 Å². The Morgan fingerprint density at radius 1 is 0.659 bits per heavy atom. The van der Waals surface area contributed by atoms with E-state index in [0.717, 1.165) is 57.6 Å². The molecule has 4 fully saturated rings. The van der Waals surface area contributed by atoms with Crippen LogP contribution in [-0.2, 0) is 22.6 Å². The fourth-order valence-electron chi connectivity index (χ4n) is 7.53. The van der Waals surface area contributed by atoms with Gasteiger partial charge >= 0.3 is 0 Å². The maximum absolute atomic E-state index is 14.7. The monoisotopic (exact) mass is 612 g/mol. The van der Waals surface area contributed by atoms with E-state index in [2.05, 4.69) is 9.98 Å². The number of benzene rings is 2. The van der Waals surface area contributed by atoms with Gasteiger partial charge in [-0.1, -0.05) is 12.1 Å². The van der Waals surface area contributed by atoms with E-state index in [0.29, 0.717) is 52.4 Å². The number of hydrogen-bond donors (Lipinski definition) is 0. The smallest absolute Gasteiger partial charge is 0.267 e. The highest BCUT2D eigenvalue weighted by Gasteiger charge is 2.49. The van der Waals surface area contributed by atoms with Gasteiger partial charge in [-0.2, -0.15) is 0 Å². The number of alkyl halides is 4. The molecule has 8 rings (SSSR count). The first-order valence-electron chi connectivity index (χ1n) is 15.7. The van der Waals surface area contributed by atoms with Crippen LogP contribution >= 0.6 is 0 Å². The first-order chi connectivity index (χ1) is 21.1. The van der Waals surface area contributed by atoms with E-state index in [-0.39, 0.29) is 25.2 Å². The molecule has 4 saturated heterocycles. The molecular weight excluding hydrogens is 572 g/mol. The second kappa shape index (κ2) is 11.6. The molecule has 0 amide bonds. The first kappa shape index (κ1) is 30.0. The second-order valence-electron chi connectivity index (χ2n) is 13.3. The lowest BCUT2D eigenvalue weighted by atomic mass is 9.82. The summed E-state index contributed by atoms with van der Waals surface area (Å²) in [6.45, 7) is 8.62. The molecule has 6 heterocycles. The standard InChI is InChI=1S/2C17H20F2N2O/c2*1-11-4-12-6-20-7-13(12)5-15(11)16-2-3-21(10-17(16,18)19)14-8-22-9-14/h2*4-6,14,16H,2-3,7-10H2,1H3. The van der Waals surface area contributed by atoms with Crippen LogP contribution in [0.1, 0.15) is 69.2 Å². The van der Waals surface area contributed by atoms with Crippen molar-refractivity contribution in [1.82, 2.24) is 9.80 Å². The average Bonchev–Trinajstić information content (AvgIpc) is 3.54. The van der Waals surface area contributed by atoms with Crippen molar-refractivity contribution < 1.29 is 27.0 Å². The minimum Gasteiger partial charge on any atom is -0.378 e. The number of fused-ring (bicyclic) bond motifs is 2. The molecule has 0 N–H and O–H groups in total. The van der Waals surface area contributed by atoms with Crippen LogP contribution in [0.2, 0.25) is 0 Å². The maximum atomic E-state index is 14.7. The minimum atomic E-state index is -2.69. The second-order valence-corrected chi connectivity index (χ2v) is 13.3. The zero-order valence-corrected chi connectivity index (χ0v) is 25.4. The number of hydrogen-bond acceptors (Lipinski definition) is 6. The molecule has 0 bridgehead atoms. The van der Waals surface area contributed by atoms with Crippen LogP contribution < -0.4 is 0 Å². The number of ether oxygens (including phenoxy) is 2. The Kier molecular flexibility index (Phi) is 7.92. The number of aryl methyl sites for hydroxylation is 2. The predicted octanol–water partition coefficient (Wildman–Crippen LogP) is 5.50. The largest absolute Gasteiger partial charge is 0.378 e. The quantitative estimate of drug-likeness (QED) is 0.428. The summed E-state index contributed by atoms with van der Waals surface area (Å²) in [5.41, 5.74) is 7.83. The number of halogens is 4. The Balaban J connectivity index is 0.000000142. The van der Waals surface area contributed by atoms with Crippen molar-refractivity contribution >= 4 is 12.4 Å². The molecule has 6 aliphatic rings. The van der Waals surface area contributed by atoms with Gasteiger partial charge in [0.25, 0.3) is 11.8 Å². The molecule has 0 radical (unpaired) electrons. The maximum Gasteiger partial charge on any atom is 0.267 e. The summed E-state index contributed by atoms with van der Waals surface area (Å²) in [7, 11) is 0. The zero-order valence-electron chi connectivity index (χ0n) is 25.4. The highest BCUT2D eigenvalue weighted by atomic mass is 19.3. The number of piperidine rings is 2. The van der Waals surface area contributed by atoms with Crippen molar-refractivity contribution in [3.05, 3.63) is 68.8 Å². The van der Waals surface area contributed by atoms with Crippen LogP contribution in [0.3, 0.4) is 0 Å². The van der Waals surface area contributed by atoms with Crippen LogP contribution in [0, 0.1) is 13.8 Å². The van der Waals surface area contributed by atoms with Gasteiger partial charge in [-0.05, 0) is 96.4 Å². The van der Waals surface area contributed by atoms with Gasteiger partial charge in [-0.15, -0.1) is 0 Å². The van der Waals surface area contributed by atoms with Gasteiger partial charge in [0.1, 0.15) is 0 Å². The molecule has 2 atom stereocenters. The van der Waals surface area contributed by atoms with Crippen molar-refractivity contribution in [1.29, 1.82) is 0 Å². The number of rotatable bonds is 4. The third kappa shape index (κ3) is 5.63. The molecule has 10 heteroatoms. The zero-order chi connectivity index (χ0) is 30.6. The van der Waals surface area contributed by atoms with E-state index in [1.54, 1.807) is 0 Å². The van der Waals surface area contributed by atoms with E-state index in [9.17, 15) is 17.6 Å². The highest BCUT2D eigenvalue weighted by molar-refractivity contribution is 5.85. The molecule has 6 nitrogen and oxygen atoms in total. The molecule has 6 aliphatic heterocycles. The number of likely N-dealkylation sites (tertiary alicyclic amines) is 2. The van der Waals surface area contributed by atoms with Crippen molar-refractivity contribution in [3.63, 3.8) is 0 Å². The summed E-state index contributed by atoms with van der Waals surface area (Å²) >= 11 is 0. The first-order valence-corrected chi connectivity index (χ1v) is 15.7. The molecule has 44 heavy (non-hydrogen) atoms. The SMILES string of the molecule is Cc1cc2c(cc1C1CCN(C3COC3)CC1(F)F)CN=C2.Cc1cc2c(cc1C1CCN(C3COC3)CC1(F)F)CN=C2. The van der Waals surface area contributed by atoms with Crippen molar-refractivity contribution in [2.45, 2.75) is 75.5 Å². The Morgan fingerprint density at radius 2 is 1.07 bits per heavy atom. The Morgan fingerprint density at radius 3 is 1.41 bits per heavy atom. The van der Waals surface area contributed by atoms with Crippen molar-refractivity contribution in [2.24, 2.45) is 9.98 Å². The summed E-state index contributed by atoms with van der Waals surface area (Å²) in [5, 5.41) is 0. The van der Waals surface area contributed by atoms with E-state index in [1.807, 2.05) is 60.3 Å². The third-order valence-corrected chi connectivity index (χ3v) is 10.3. The van der Waals surface area contributed by atoms with Crippen molar-refractivity contribution in [2.75, 3.05) is 52.6 Å². The van der Waals surface area contributed by atoms with Gasteiger partial charge in [0.05, 0.1) is 76.5 Å². The summed E-state index contributed by atoms with van der Waals surface area (Å²) < 4.78 is 69.2. The Hall–Kier alpha value is -2.66. The molecule has 0 saturated carbocycles. The number of aliphatic imine (C=N–C) groups is 2. The molecular formula is C34H40F4N4O2. The van der Waals surface area contributed by atoms with Gasteiger partial charge < -0.3 is 9.47 Å². The topological polar surface area (TPSA) is 49.7 Å². The third-order valence-electron chi connectivity index (χ3n) is 10.3. The van der Waals surface area contributed by atoms with Crippen molar-refractivity contribution in [3.8, 4) is 0 Å². The van der Waals surface area contributed by atoms with E-state index in [1.165, 1.54) is 0 Å². The van der Waals surface area contributed by atoms with E-state index >= 15 is 0 Å². The van der Waals surface area contributed by atoms with Crippen LogP contribution in [0.15, 0.2) is 34.3 Å². The summed E-state index contributed by atoms with van der Waals surface area (Å²) in [6.07, 6.45) is 4.68. The Labute approximate surface area is 256 Å². The lowest BCUT2D eigenvalue weighted by molar-refractivity contribution is -0.136. The molecule has 2 aromatic carbocycles. The summed E-state index contributed by atoms with van der Waals surface area (Å²) in [5.74, 6) is -6.75. The summed E-state index contributed by atoms with van der Waals surface area (Å²) in [4.78, 5) is 12.3. The minimum absolute atomic E-state index is 0.154. The molecule has 0 spiro atoms. The molecule has 0 aliphatic carbocycles. The number of nitrogens with zero attached hydrogens (tertiary/aromatic N) is 4. The average molecular weight is 613 g/mol. The van der Waals surface area contributed by atoms with Crippen LogP contribution in [-0.4, -0.2) is 98.8 Å². The molecule has 0 aromatic heterocycles. The van der Waals surface area contributed by atoms with Gasteiger partial charge in [0.2, 0.25) is 0 Å². The van der Waals surface area contributed by atoms with Crippen LogP contribution in [0.4, 0.5) is 17.6 Å². The normalized spacial score (nSPS) is 27.7. The van der Waals surface area contributed by atoms with E-state index in [4.69, 9.17) is 9.47 Å². The fourth-order valence-corrected chi connectivity index (χ4v) is 7.53. The lowest BCUT2D eigenvalue weighted by Gasteiger charge is -2.45. The molecule has 236 valence electrons. The lowest BCUT2D eigenvalue weighted by Crippen LogP contribution is -2.57.